The Bertz CT molecular complexity index is 1190. The first-order valence-corrected chi connectivity index (χ1v) is 17.1. The molecule has 0 saturated carbocycles. The van der Waals surface area contributed by atoms with Crippen molar-refractivity contribution in [2.24, 2.45) is 0 Å². The van der Waals surface area contributed by atoms with Crippen molar-refractivity contribution in [3.8, 4) is 0 Å². The minimum atomic E-state index is -2.60. The first-order valence-electron chi connectivity index (χ1n) is 15.1. The van der Waals surface area contributed by atoms with Gasteiger partial charge < -0.3 is 37.2 Å². The normalized spacial score (nSPS) is 10.6. The predicted molar refractivity (Wildman–Crippen MR) is 171 cm³/mol. The third-order valence-corrected chi connectivity index (χ3v) is 13.4. The summed E-state index contributed by atoms with van der Waals surface area (Å²) in [5.41, 5.74) is 10.3. The third kappa shape index (κ3) is 8.09. The molecule has 5 heteroatoms. The van der Waals surface area contributed by atoms with E-state index in [0.717, 1.165) is 44.9 Å². The van der Waals surface area contributed by atoms with Gasteiger partial charge in [0.05, 0.1) is 0 Å². The second-order valence-electron chi connectivity index (χ2n) is 10.8. The molecule has 0 atom stereocenters. The summed E-state index contributed by atoms with van der Waals surface area (Å²) in [7, 11) is -2.60. The number of halogens is 3. The van der Waals surface area contributed by atoms with Gasteiger partial charge in [-0.25, -0.2) is 12.1 Å². The van der Waals surface area contributed by atoms with Crippen molar-refractivity contribution >= 4 is 28.8 Å². The molecule has 0 aliphatic carbocycles. The molecule has 0 unspecified atom stereocenters. The van der Waals surface area contributed by atoms with Crippen molar-refractivity contribution in [1.29, 1.82) is 0 Å². The molecule has 0 fully saturated rings. The zero-order valence-electron chi connectivity index (χ0n) is 26.5. The van der Waals surface area contributed by atoms with Crippen molar-refractivity contribution in [3.63, 3.8) is 0 Å². The fourth-order valence-electron chi connectivity index (χ4n) is 6.26. The fraction of sp³-hybridized carbons (Fsp3) is 0.378. The average molecular weight is 674 g/mol. The van der Waals surface area contributed by atoms with Crippen molar-refractivity contribution in [2.75, 3.05) is 0 Å². The number of rotatable bonds is 11. The van der Waals surface area contributed by atoms with Crippen LogP contribution in [0.15, 0.2) is 72.8 Å². The van der Waals surface area contributed by atoms with E-state index in [4.69, 9.17) is 0 Å². The molecule has 0 aliphatic heterocycles. The Labute approximate surface area is 291 Å². The van der Waals surface area contributed by atoms with Crippen molar-refractivity contribution in [1.82, 2.24) is 0 Å². The van der Waals surface area contributed by atoms with E-state index in [2.05, 4.69) is 121 Å². The Balaban J connectivity index is 0.00000420. The molecule has 0 radical (unpaired) electrons. The maximum atomic E-state index is 2.58. The summed E-state index contributed by atoms with van der Waals surface area (Å²) < 4.78 is 0. The summed E-state index contributed by atoms with van der Waals surface area (Å²) in [6, 6.07) is 29.9. The van der Waals surface area contributed by atoms with Gasteiger partial charge in [0.15, 0.2) is 0 Å². The van der Waals surface area contributed by atoms with Crippen molar-refractivity contribution in [3.05, 3.63) is 112 Å². The van der Waals surface area contributed by atoms with Crippen LogP contribution < -0.4 is 58.0 Å². The minimum absolute atomic E-state index is 0. The minimum Gasteiger partial charge on any atom is -1.00 e. The maximum Gasteiger partial charge on any atom is 4.00 e. The zero-order chi connectivity index (χ0) is 27.3. The van der Waals surface area contributed by atoms with Crippen LogP contribution in [-0.4, -0.2) is 8.07 Å². The van der Waals surface area contributed by atoms with Crippen LogP contribution in [0.2, 0.25) is 0 Å². The van der Waals surface area contributed by atoms with Gasteiger partial charge in [-0.15, -0.1) is 5.19 Å². The first-order chi connectivity index (χ1) is 18.5. The summed E-state index contributed by atoms with van der Waals surface area (Å²) in [6.07, 6.45) is 7.46. The molecule has 0 N–H and O–H groups in total. The van der Waals surface area contributed by atoms with Crippen LogP contribution in [0.5, 0.6) is 0 Å². The van der Waals surface area contributed by atoms with Gasteiger partial charge in [-0.1, -0.05) is 125 Å². The molecule has 0 aromatic heterocycles. The van der Waals surface area contributed by atoms with E-state index in [1.807, 2.05) is 0 Å². The smallest absolute Gasteiger partial charge is 1.00 e. The van der Waals surface area contributed by atoms with Crippen LogP contribution in [0.3, 0.4) is 0 Å². The van der Waals surface area contributed by atoms with E-state index in [1.54, 1.807) is 20.7 Å². The van der Waals surface area contributed by atoms with Crippen LogP contribution >= 0.6 is 0 Å². The standard InChI is InChI=1S/C37H47Si.3ClH.Ti/c1-8-27-18-28(9-2)22-34(21-27)38(37-17-15-16-33(37)14-7,35-23-29(10-3)19-30(11-4)24-35)36-25-31(12-5)20-32(13-6)26-36;;;;/h15-26H,8-14H2,1-7H3;3*1H;/q-1;;;;+4/p-3. The fourth-order valence-corrected chi connectivity index (χ4v) is 11.7. The first kappa shape index (κ1) is 40.8. The van der Waals surface area contributed by atoms with Gasteiger partial charge >= 0.3 is 21.7 Å². The topological polar surface area (TPSA) is 0 Å². The molecule has 0 amide bonds. The molecular weight excluding hydrogens is 627 g/mol. The molecule has 4 aromatic carbocycles. The van der Waals surface area contributed by atoms with Gasteiger partial charge in [-0.2, -0.15) is 11.6 Å². The SMILES string of the molecule is CCc1cc(CC)cc([Si](c2cc(CC)cc(CC)c2)(c2cc(CC)cc(CC)c2)[c-]2cccc2CC)c1.[Cl-].[Cl-].[Cl-].[Ti+4]. The molecule has 0 heterocycles. The van der Waals surface area contributed by atoms with Crippen LogP contribution in [0.1, 0.15) is 87.4 Å². The Morgan fingerprint density at radius 1 is 0.452 bits per heavy atom. The summed E-state index contributed by atoms with van der Waals surface area (Å²) in [5, 5.41) is 6.25. The average Bonchev–Trinajstić information content (AvgIpc) is 3.45. The van der Waals surface area contributed by atoms with E-state index in [0.29, 0.717) is 0 Å². The number of hydrogen-bond acceptors (Lipinski definition) is 0. The van der Waals surface area contributed by atoms with Gasteiger partial charge in [-0.05, 0) is 71.9 Å². The Morgan fingerprint density at radius 3 is 0.976 bits per heavy atom. The Kier molecular flexibility index (Phi) is 18.1. The van der Waals surface area contributed by atoms with E-state index in [-0.39, 0.29) is 58.9 Å². The van der Waals surface area contributed by atoms with Gasteiger partial charge in [-0.3, -0.25) is 0 Å². The summed E-state index contributed by atoms with van der Waals surface area (Å²) in [4.78, 5) is 0. The van der Waals surface area contributed by atoms with Crippen LogP contribution in [0, 0.1) is 0 Å². The van der Waals surface area contributed by atoms with Crippen LogP contribution in [0.25, 0.3) is 0 Å². The summed E-state index contributed by atoms with van der Waals surface area (Å²) in [6.45, 7) is 16.2. The molecule has 4 rings (SSSR count). The van der Waals surface area contributed by atoms with Crippen LogP contribution in [0.4, 0.5) is 0 Å². The number of hydrogen-bond donors (Lipinski definition) is 0. The monoisotopic (exact) mass is 672 g/mol. The number of benzene rings is 3. The largest absolute Gasteiger partial charge is 4.00 e. The third-order valence-electron chi connectivity index (χ3n) is 8.60. The van der Waals surface area contributed by atoms with Gasteiger partial charge in [0, 0.05) is 0 Å². The van der Waals surface area contributed by atoms with E-state index >= 15 is 0 Å². The van der Waals surface area contributed by atoms with E-state index in [1.165, 1.54) is 38.9 Å². The summed E-state index contributed by atoms with van der Waals surface area (Å²) >= 11 is 0. The Hall–Kier alpha value is -1.19. The maximum absolute atomic E-state index is 2.60. The molecule has 0 aliphatic rings. The Morgan fingerprint density at radius 2 is 0.738 bits per heavy atom. The second kappa shape index (κ2) is 18.6. The van der Waals surface area contributed by atoms with Crippen molar-refractivity contribution < 1.29 is 58.9 Å². The molecule has 0 bridgehead atoms. The zero-order valence-corrected chi connectivity index (χ0v) is 31.3. The molecule has 0 nitrogen and oxygen atoms in total. The molecule has 224 valence electrons. The van der Waals surface area contributed by atoms with Crippen LogP contribution in [-0.2, 0) is 66.7 Å². The predicted octanol–water partition coefficient (Wildman–Crippen LogP) is -2.27. The summed E-state index contributed by atoms with van der Waals surface area (Å²) in [5.74, 6) is 0. The van der Waals surface area contributed by atoms with E-state index < -0.39 is 8.07 Å². The number of aryl methyl sites for hydroxylation is 7. The quantitative estimate of drug-likeness (QED) is 0.0959. The van der Waals surface area contributed by atoms with E-state index in [9.17, 15) is 0 Å². The molecule has 42 heavy (non-hydrogen) atoms. The second-order valence-corrected chi connectivity index (χ2v) is 14.6. The molecule has 4 aromatic rings. The molecule has 0 spiro atoms. The van der Waals surface area contributed by atoms with Gasteiger partial charge in [0.25, 0.3) is 0 Å². The molecule has 0 saturated heterocycles. The molecular formula is C37H47Cl3SiTi. The van der Waals surface area contributed by atoms with Gasteiger partial charge in [0.1, 0.15) is 8.07 Å². The van der Waals surface area contributed by atoms with Gasteiger partial charge in [0.2, 0.25) is 0 Å². The van der Waals surface area contributed by atoms with Crippen molar-refractivity contribution in [2.45, 2.75) is 93.4 Å².